The van der Waals surface area contributed by atoms with Gasteiger partial charge in [0.05, 0.1) is 6.33 Å². The van der Waals surface area contributed by atoms with Gasteiger partial charge in [-0.2, -0.15) is 0 Å². The lowest BCUT2D eigenvalue weighted by molar-refractivity contribution is 0.794. The lowest BCUT2D eigenvalue weighted by Crippen LogP contribution is -2.37. The monoisotopic (exact) mass is 507 g/mol. The zero-order chi connectivity index (χ0) is 18.7. The van der Waals surface area contributed by atoms with Crippen LogP contribution >= 0.6 is 35.7 Å². The fourth-order valence-corrected chi connectivity index (χ4v) is 3.40. The molecule has 0 saturated carbocycles. The third kappa shape index (κ3) is 7.55. The van der Waals surface area contributed by atoms with Crippen LogP contribution in [0.4, 0.5) is 0 Å². The normalized spacial score (nSPS) is 11.0. The van der Waals surface area contributed by atoms with E-state index in [1.165, 1.54) is 16.0 Å². The maximum absolute atomic E-state index is 4.29. The Balaban J connectivity index is 0.00000280. The van der Waals surface area contributed by atoms with Crippen LogP contribution in [0.1, 0.15) is 11.1 Å². The first kappa shape index (κ1) is 22.3. The third-order valence-corrected chi connectivity index (χ3v) is 5.05. The van der Waals surface area contributed by atoms with Crippen LogP contribution in [0.2, 0.25) is 0 Å². The Hall–Kier alpha value is -2.00. The van der Waals surface area contributed by atoms with Crippen LogP contribution in [0, 0.1) is 0 Å². The van der Waals surface area contributed by atoms with E-state index < -0.39 is 0 Å². The second-order valence-corrected chi connectivity index (χ2v) is 7.23. The number of guanidine groups is 1. The van der Waals surface area contributed by atoms with Crippen molar-refractivity contribution in [3.63, 3.8) is 0 Å². The Morgan fingerprint density at radius 1 is 1.04 bits per heavy atom. The number of halogens is 1. The van der Waals surface area contributed by atoms with Crippen molar-refractivity contribution >= 4 is 41.7 Å². The average Bonchev–Trinajstić information content (AvgIpc) is 3.22. The second kappa shape index (κ2) is 12.5. The number of imidazole rings is 1. The summed E-state index contributed by atoms with van der Waals surface area (Å²) in [5.74, 6) is 1.82. The fourth-order valence-electron chi connectivity index (χ4n) is 2.62. The van der Waals surface area contributed by atoms with Gasteiger partial charge in [-0.15, -0.1) is 35.7 Å². The first-order chi connectivity index (χ1) is 13.3. The fraction of sp³-hybridized carbons (Fsp3) is 0.238. The summed E-state index contributed by atoms with van der Waals surface area (Å²) in [7, 11) is 1.80. The first-order valence-corrected chi connectivity index (χ1v) is 9.98. The highest BCUT2D eigenvalue weighted by Crippen LogP contribution is 2.15. The molecular weight excluding hydrogens is 481 g/mol. The minimum Gasteiger partial charge on any atom is -0.356 e. The summed E-state index contributed by atoms with van der Waals surface area (Å²) in [5.41, 5.74) is 2.49. The van der Waals surface area contributed by atoms with Crippen molar-refractivity contribution in [2.75, 3.05) is 19.3 Å². The van der Waals surface area contributed by atoms with Gasteiger partial charge in [0.1, 0.15) is 0 Å². The number of thioether (sulfide) groups is 1. The zero-order valence-corrected chi connectivity index (χ0v) is 19.1. The van der Waals surface area contributed by atoms with Crippen molar-refractivity contribution in [3.05, 3.63) is 84.4 Å². The van der Waals surface area contributed by atoms with Crippen LogP contribution in [-0.2, 0) is 13.1 Å². The largest absolute Gasteiger partial charge is 0.356 e. The van der Waals surface area contributed by atoms with Crippen molar-refractivity contribution in [3.8, 4) is 0 Å². The van der Waals surface area contributed by atoms with E-state index in [0.717, 1.165) is 31.3 Å². The quantitative estimate of drug-likeness (QED) is 0.159. The highest BCUT2D eigenvalue weighted by atomic mass is 127. The predicted octanol–water partition coefficient (Wildman–Crippen LogP) is 4.01. The van der Waals surface area contributed by atoms with Gasteiger partial charge in [0.25, 0.3) is 0 Å². The molecule has 0 saturated heterocycles. The van der Waals surface area contributed by atoms with Crippen LogP contribution < -0.4 is 10.6 Å². The van der Waals surface area contributed by atoms with Gasteiger partial charge >= 0.3 is 0 Å². The smallest absolute Gasteiger partial charge is 0.191 e. The summed E-state index contributed by atoms with van der Waals surface area (Å²) in [5, 5.41) is 6.72. The van der Waals surface area contributed by atoms with Crippen molar-refractivity contribution in [2.24, 2.45) is 4.99 Å². The number of benzene rings is 2. The number of aliphatic imine (C=N–C) groups is 1. The molecule has 0 radical (unpaired) electrons. The molecule has 7 heteroatoms. The van der Waals surface area contributed by atoms with Gasteiger partial charge in [-0.3, -0.25) is 4.99 Å². The van der Waals surface area contributed by atoms with E-state index >= 15 is 0 Å². The van der Waals surface area contributed by atoms with Gasteiger partial charge in [-0.1, -0.05) is 42.5 Å². The lowest BCUT2D eigenvalue weighted by atomic mass is 10.1. The number of nitrogens with zero attached hydrogens (tertiary/aromatic N) is 3. The molecule has 1 heterocycles. The van der Waals surface area contributed by atoms with Crippen LogP contribution in [0.3, 0.4) is 0 Å². The Kier molecular flexibility index (Phi) is 9.92. The molecular formula is C21H26IN5S. The molecule has 148 valence electrons. The Morgan fingerprint density at radius 3 is 2.46 bits per heavy atom. The van der Waals surface area contributed by atoms with Gasteiger partial charge in [0.2, 0.25) is 0 Å². The van der Waals surface area contributed by atoms with E-state index in [1.807, 2.05) is 30.4 Å². The standard InChI is InChI=1S/C21H25N5S.HI/c1-22-21(24-12-14-27-20-5-3-2-4-6-20)25-15-18-7-9-19(10-8-18)16-26-13-11-23-17-26;/h2-11,13,17H,12,14-16H2,1H3,(H2,22,24,25);1H. The number of rotatable bonds is 8. The summed E-state index contributed by atoms with van der Waals surface area (Å²) in [6, 6.07) is 19.1. The third-order valence-electron chi connectivity index (χ3n) is 4.04. The Labute approximate surface area is 188 Å². The predicted molar refractivity (Wildman–Crippen MR) is 129 cm³/mol. The SMILES string of the molecule is CN=C(NCCSc1ccccc1)NCc1ccc(Cn2ccnc2)cc1.I. The van der Waals surface area contributed by atoms with Gasteiger partial charge in [0, 0.05) is 49.7 Å². The number of aromatic nitrogens is 2. The first-order valence-electron chi connectivity index (χ1n) is 8.99. The molecule has 0 amide bonds. The second-order valence-electron chi connectivity index (χ2n) is 6.07. The van der Waals surface area contributed by atoms with Crippen LogP contribution in [0.5, 0.6) is 0 Å². The van der Waals surface area contributed by atoms with Crippen molar-refractivity contribution < 1.29 is 0 Å². The molecule has 0 unspecified atom stereocenters. The lowest BCUT2D eigenvalue weighted by Gasteiger charge is -2.12. The van der Waals surface area contributed by atoms with Crippen molar-refractivity contribution in [2.45, 2.75) is 18.0 Å². The van der Waals surface area contributed by atoms with E-state index in [4.69, 9.17) is 0 Å². The molecule has 0 aliphatic rings. The molecule has 0 aliphatic heterocycles. The zero-order valence-electron chi connectivity index (χ0n) is 15.9. The molecule has 3 rings (SSSR count). The molecule has 0 aliphatic carbocycles. The summed E-state index contributed by atoms with van der Waals surface area (Å²) in [6.07, 6.45) is 5.61. The maximum atomic E-state index is 4.29. The minimum atomic E-state index is 0. The molecule has 0 atom stereocenters. The van der Waals surface area contributed by atoms with E-state index in [1.54, 1.807) is 13.2 Å². The summed E-state index contributed by atoms with van der Waals surface area (Å²) < 4.78 is 2.06. The topological polar surface area (TPSA) is 54.2 Å². The minimum absolute atomic E-state index is 0. The number of hydrogen-bond acceptors (Lipinski definition) is 3. The summed E-state index contributed by atoms with van der Waals surface area (Å²) in [4.78, 5) is 9.65. The van der Waals surface area contributed by atoms with Gasteiger partial charge in [-0.05, 0) is 23.3 Å². The van der Waals surface area contributed by atoms with E-state index in [0.29, 0.717) is 0 Å². The van der Waals surface area contributed by atoms with Gasteiger partial charge in [-0.25, -0.2) is 4.98 Å². The molecule has 0 fully saturated rings. The number of hydrogen-bond donors (Lipinski definition) is 2. The van der Waals surface area contributed by atoms with Gasteiger partial charge < -0.3 is 15.2 Å². The van der Waals surface area contributed by atoms with Gasteiger partial charge in [0.15, 0.2) is 5.96 Å². The Morgan fingerprint density at radius 2 is 1.79 bits per heavy atom. The van der Waals surface area contributed by atoms with Crippen LogP contribution in [0.15, 0.2) is 83.2 Å². The maximum Gasteiger partial charge on any atom is 0.191 e. The molecule has 28 heavy (non-hydrogen) atoms. The Bertz CT molecular complexity index is 820. The highest BCUT2D eigenvalue weighted by molar-refractivity contribution is 14.0. The molecule has 0 bridgehead atoms. The molecule has 2 aromatic carbocycles. The van der Waals surface area contributed by atoms with E-state index in [2.05, 4.69) is 73.7 Å². The number of nitrogens with one attached hydrogen (secondary N) is 2. The average molecular weight is 507 g/mol. The molecule has 5 nitrogen and oxygen atoms in total. The summed E-state index contributed by atoms with van der Waals surface area (Å²) >= 11 is 1.84. The molecule has 3 aromatic rings. The van der Waals surface area contributed by atoms with Crippen molar-refractivity contribution in [1.29, 1.82) is 0 Å². The van der Waals surface area contributed by atoms with E-state index in [9.17, 15) is 0 Å². The molecule has 0 spiro atoms. The highest BCUT2D eigenvalue weighted by Gasteiger charge is 2.00. The van der Waals surface area contributed by atoms with E-state index in [-0.39, 0.29) is 24.0 Å². The van der Waals surface area contributed by atoms with Crippen LogP contribution in [-0.4, -0.2) is 34.9 Å². The van der Waals surface area contributed by atoms with Crippen LogP contribution in [0.25, 0.3) is 0 Å². The summed E-state index contributed by atoms with van der Waals surface area (Å²) in [6.45, 7) is 2.45. The molecule has 2 N–H and O–H groups in total. The molecule has 1 aromatic heterocycles. The van der Waals surface area contributed by atoms with Crippen molar-refractivity contribution in [1.82, 2.24) is 20.2 Å².